The van der Waals surface area contributed by atoms with Gasteiger partial charge >= 0.3 is 12.2 Å². The molecule has 0 unspecified atom stereocenters. The van der Waals surface area contributed by atoms with Crippen molar-refractivity contribution in [2.75, 3.05) is 13.2 Å². The maximum Gasteiger partial charge on any atom is 0.429 e. The second kappa shape index (κ2) is 20.6. The molecule has 6 aromatic rings. The number of Topliss-reactive ketones (excluding diaryl/α,β-unsaturated/α-hetero) is 1. The zero-order valence-electron chi connectivity index (χ0n) is 33.7. The smallest absolute Gasteiger partial charge is 0.429 e. The first-order valence-corrected chi connectivity index (χ1v) is 19.6. The first-order valence-electron chi connectivity index (χ1n) is 19.6. The minimum atomic E-state index is -4.60. The number of benzene rings is 6. The second-order valence-electron chi connectivity index (χ2n) is 14.4. The van der Waals surface area contributed by atoms with E-state index in [4.69, 9.17) is 9.47 Å². The highest BCUT2D eigenvalue weighted by atomic mass is 19.3. The Morgan fingerprint density at radius 2 is 0.727 bits per heavy atom. The van der Waals surface area contributed by atoms with Crippen LogP contribution in [0.15, 0.2) is 97.1 Å². The van der Waals surface area contributed by atoms with Gasteiger partial charge in [-0.2, -0.15) is 17.6 Å². The topological polar surface area (TPSA) is 54.0 Å². The summed E-state index contributed by atoms with van der Waals surface area (Å²) in [4.78, 5) is 12.4. The molecule has 6 rings (SSSR count). The minimum Gasteiger partial charge on any atom is -0.494 e. The number of halogens is 14. The first-order chi connectivity index (χ1) is 31.2. The molecule has 0 bridgehead atoms. The van der Waals surface area contributed by atoms with Crippen molar-refractivity contribution in [2.45, 2.75) is 50.7 Å². The summed E-state index contributed by atoms with van der Waals surface area (Å²) < 4.78 is 218. The monoisotopic (exact) mass is 942 g/mol. The molecule has 6 aromatic carbocycles. The zero-order chi connectivity index (χ0) is 47.9. The molecule has 0 radical (unpaired) electrons. The highest BCUT2D eigenvalue weighted by Crippen LogP contribution is 2.39. The van der Waals surface area contributed by atoms with Crippen molar-refractivity contribution >= 4 is 5.78 Å². The SMILES string of the molecule is O=C(CCCCOc1ccc(-c2ccc(C(F)(F)Oc3cc(F)c(F)c(F)c3)c(F)c2F)cc1)CCCCOc1ccc(-c2ccc(C(F)(F)Oc3cc(F)c(F)c(F)c3)c(F)c2F)cc1. The molecule has 0 saturated heterocycles. The van der Waals surface area contributed by atoms with Gasteiger partial charge in [0.05, 0.1) is 13.2 Å². The number of hydrogen-bond acceptors (Lipinski definition) is 5. The number of alkyl halides is 4. The Labute approximate surface area is 366 Å². The van der Waals surface area contributed by atoms with Crippen molar-refractivity contribution in [2.24, 2.45) is 0 Å². The van der Waals surface area contributed by atoms with E-state index in [9.17, 15) is 66.3 Å². The summed E-state index contributed by atoms with van der Waals surface area (Å²) in [6.07, 6.45) is -6.69. The Bertz CT molecular complexity index is 2460. The molecule has 0 amide bonds. The molecule has 0 aliphatic rings. The van der Waals surface area contributed by atoms with Gasteiger partial charge in [0.1, 0.15) is 39.9 Å². The van der Waals surface area contributed by atoms with E-state index in [0.717, 1.165) is 12.1 Å². The van der Waals surface area contributed by atoms with Crippen LogP contribution in [0, 0.1) is 58.2 Å². The molecule has 0 fully saturated rings. The summed E-state index contributed by atoms with van der Waals surface area (Å²) in [7, 11) is 0. The number of ether oxygens (including phenoxy) is 4. The average molecular weight is 943 g/mol. The van der Waals surface area contributed by atoms with E-state index in [1.807, 2.05) is 0 Å². The molecule has 0 saturated carbocycles. The van der Waals surface area contributed by atoms with Crippen molar-refractivity contribution in [3.05, 3.63) is 166 Å². The summed E-state index contributed by atoms with van der Waals surface area (Å²) in [5, 5.41) is 0. The van der Waals surface area contributed by atoms with Crippen LogP contribution in [0.2, 0.25) is 0 Å². The summed E-state index contributed by atoms with van der Waals surface area (Å²) in [5.74, 6) is -20.2. The standard InChI is InChI=1S/C47H32F14O5/c48-36-21-30(22-37(49)44(36)56)65-46(58,59)34-17-15-32(40(52)42(34)54)25-7-11-28(12-8-25)63-19-3-1-5-27(62)6-2-4-20-64-29-13-9-26(10-14-29)33-16-18-35(43(55)41(33)53)47(60,61)66-31-23-38(50)45(57)39(51)24-31/h7-18,21-24H,1-6,19-20H2. The Hall–Kier alpha value is -6.79. The molecule has 5 nitrogen and oxygen atoms in total. The van der Waals surface area contributed by atoms with Gasteiger partial charge in [-0.1, -0.05) is 36.4 Å². The van der Waals surface area contributed by atoms with Crippen LogP contribution >= 0.6 is 0 Å². The lowest BCUT2D eigenvalue weighted by molar-refractivity contribution is -0.188. The molecule has 0 aliphatic carbocycles. The van der Waals surface area contributed by atoms with E-state index < -0.39 is 104 Å². The third kappa shape index (κ3) is 11.5. The molecule has 0 heterocycles. The quantitative estimate of drug-likeness (QED) is 0.0434. The van der Waals surface area contributed by atoms with E-state index in [2.05, 4.69) is 9.47 Å². The second-order valence-corrected chi connectivity index (χ2v) is 14.4. The van der Waals surface area contributed by atoms with Crippen molar-refractivity contribution in [1.82, 2.24) is 0 Å². The molecule has 66 heavy (non-hydrogen) atoms. The summed E-state index contributed by atoms with van der Waals surface area (Å²) in [6, 6.07) is 14.4. The highest BCUT2D eigenvalue weighted by molar-refractivity contribution is 5.78. The molecular formula is C47H32F14O5. The average Bonchev–Trinajstić information content (AvgIpc) is 3.26. The predicted molar refractivity (Wildman–Crippen MR) is 209 cm³/mol. The lowest BCUT2D eigenvalue weighted by Gasteiger charge is -2.20. The first kappa shape index (κ1) is 48.7. The van der Waals surface area contributed by atoms with Gasteiger partial charge in [-0.15, -0.1) is 0 Å². The van der Waals surface area contributed by atoms with E-state index in [0.29, 0.717) is 49.3 Å². The van der Waals surface area contributed by atoms with Crippen LogP contribution in [0.25, 0.3) is 22.3 Å². The van der Waals surface area contributed by atoms with Gasteiger partial charge in [0, 0.05) is 48.2 Å². The Morgan fingerprint density at radius 1 is 0.394 bits per heavy atom. The van der Waals surface area contributed by atoms with Gasteiger partial charge in [0.2, 0.25) is 0 Å². The van der Waals surface area contributed by atoms with Crippen LogP contribution in [0.4, 0.5) is 61.5 Å². The number of rotatable bonds is 20. The number of carbonyl (C=O) groups excluding carboxylic acids is 1. The summed E-state index contributed by atoms with van der Waals surface area (Å²) in [6.45, 7) is 0.411. The molecule has 348 valence electrons. The van der Waals surface area contributed by atoms with Crippen LogP contribution in [0.1, 0.15) is 49.7 Å². The third-order valence-electron chi connectivity index (χ3n) is 9.77. The summed E-state index contributed by atoms with van der Waals surface area (Å²) in [5.41, 5.74) is -3.76. The fourth-order valence-corrected chi connectivity index (χ4v) is 6.40. The van der Waals surface area contributed by atoms with Crippen molar-refractivity contribution in [1.29, 1.82) is 0 Å². The van der Waals surface area contributed by atoms with Gasteiger partial charge in [0.15, 0.2) is 58.2 Å². The number of hydrogen-bond donors (Lipinski definition) is 0. The molecular weight excluding hydrogens is 910 g/mol. The van der Waals surface area contributed by atoms with Crippen molar-refractivity contribution in [3.8, 4) is 45.3 Å². The van der Waals surface area contributed by atoms with E-state index in [1.165, 1.54) is 48.5 Å². The largest absolute Gasteiger partial charge is 0.494 e. The fraction of sp³-hybridized carbons (Fsp3) is 0.213. The van der Waals surface area contributed by atoms with Crippen molar-refractivity contribution < 1.29 is 85.2 Å². The molecule has 0 atom stereocenters. The highest BCUT2D eigenvalue weighted by Gasteiger charge is 2.41. The van der Waals surface area contributed by atoms with Gasteiger partial charge in [-0.3, -0.25) is 4.79 Å². The maximum atomic E-state index is 15.0. The Balaban J connectivity index is 0.884. The number of carbonyl (C=O) groups is 1. The van der Waals surface area contributed by atoms with Crippen LogP contribution in [0.5, 0.6) is 23.0 Å². The van der Waals surface area contributed by atoms with Crippen LogP contribution in [-0.2, 0) is 17.0 Å². The molecule has 0 N–H and O–H groups in total. The van der Waals surface area contributed by atoms with Gasteiger partial charge in [-0.05, 0) is 73.2 Å². The minimum absolute atomic E-state index is 0.00518. The third-order valence-corrected chi connectivity index (χ3v) is 9.77. The molecule has 0 spiro atoms. The molecule has 19 heteroatoms. The summed E-state index contributed by atoms with van der Waals surface area (Å²) >= 11 is 0. The maximum absolute atomic E-state index is 15.0. The van der Waals surface area contributed by atoms with Crippen LogP contribution < -0.4 is 18.9 Å². The van der Waals surface area contributed by atoms with Gasteiger partial charge < -0.3 is 18.9 Å². The fourth-order valence-electron chi connectivity index (χ4n) is 6.40. The molecule has 0 aliphatic heterocycles. The Morgan fingerprint density at radius 3 is 1.06 bits per heavy atom. The van der Waals surface area contributed by atoms with Gasteiger partial charge in [-0.25, -0.2) is 43.9 Å². The lowest BCUT2D eigenvalue weighted by Crippen LogP contribution is -2.24. The number of unbranched alkanes of at least 4 members (excludes halogenated alkanes) is 2. The van der Waals surface area contributed by atoms with E-state index >= 15 is 0 Å². The van der Waals surface area contributed by atoms with Crippen molar-refractivity contribution in [3.63, 3.8) is 0 Å². The van der Waals surface area contributed by atoms with Crippen LogP contribution in [0.3, 0.4) is 0 Å². The zero-order valence-corrected chi connectivity index (χ0v) is 33.7. The van der Waals surface area contributed by atoms with Gasteiger partial charge in [0.25, 0.3) is 0 Å². The van der Waals surface area contributed by atoms with E-state index in [1.54, 1.807) is 0 Å². The molecule has 0 aromatic heterocycles. The lowest BCUT2D eigenvalue weighted by atomic mass is 10.0. The Kier molecular flexibility index (Phi) is 15.2. The van der Waals surface area contributed by atoms with Crippen LogP contribution in [-0.4, -0.2) is 19.0 Å². The predicted octanol–water partition coefficient (Wildman–Crippen LogP) is 14.0. The van der Waals surface area contributed by atoms with E-state index in [-0.39, 0.29) is 67.2 Å². The number of ketones is 1. The normalized spacial score (nSPS) is 11.7.